The van der Waals surface area contributed by atoms with Crippen LogP contribution in [0.15, 0.2) is 0 Å². The van der Waals surface area contributed by atoms with E-state index in [1.165, 1.54) is 0 Å². The fourth-order valence-corrected chi connectivity index (χ4v) is 3.96. The Morgan fingerprint density at radius 1 is 1.44 bits per heavy atom. The van der Waals surface area contributed by atoms with Crippen LogP contribution in [-0.4, -0.2) is 80.1 Å². The largest absolute Gasteiger partial charge is 0.395 e. The van der Waals surface area contributed by atoms with Crippen LogP contribution in [0.5, 0.6) is 0 Å². The van der Waals surface area contributed by atoms with Gasteiger partial charge in [-0.3, -0.25) is 9.69 Å². The van der Waals surface area contributed by atoms with E-state index in [1.807, 2.05) is 6.92 Å². The summed E-state index contributed by atoms with van der Waals surface area (Å²) in [5.74, 6) is 0.181. The third kappa shape index (κ3) is 4.22. The molecule has 106 valence electrons. The second-order valence-corrected chi connectivity index (χ2v) is 6.93. The number of amides is 1. The zero-order valence-electron chi connectivity index (χ0n) is 11.0. The minimum atomic E-state index is -2.97. The third-order valence-electron chi connectivity index (χ3n) is 3.20. The molecular weight excluding hydrogens is 256 g/mol. The topological polar surface area (TPSA) is 77.9 Å². The molecule has 1 saturated heterocycles. The van der Waals surface area contributed by atoms with Crippen molar-refractivity contribution in [1.82, 2.24) is 9.80 Å². The average molecular weight is 278 g/mol. The van der Waals surface area contributed by atoms with E-state index >= 15 is 0 Å². The maximum Gasteiger partial charge on any atom is 0.237 e. The molecule has 7 heteroatoms. The molecule has 0 bridgehead atoms. The number of nitrogens with zero attached hydrogens (tertiary/aromatic N) is 2. The van der Waals surface area contributed by atoms with Gasteiger partial charge in [-0.05, 0) is 20.4 Å². The van der Waals surface area contributed by atoms with Gasteiger partial charge in [-0.25, -0.2) is 8.42 Å². The molecule has 0 aliphatic carbocycles. The lowest BCUT2D eigenvalue weighted by atomic mass is 10.2. The number of likely N-dealkylation sites (N-methyl/N-ethyl adjacent to an activating group) is 2. The summed E-state index contributed by atoms with van der Waals surface area (Å²) in [6.45, 7) is 3.03. The Kier molecular flexibility index (Phi) is 5.55. The van der Waals surface area contributed by atoms with Crippen molar-refractivity contribution >= 4 is 15.7 Å². The molecule has 1 unspecified atom stereocenters. The smallest absolute Gasteiger partial charge is 0.237 e. The van der Waals surface area contributed by atoms with Crippen LogP contribution in [0.2, 0.25) is 0 Å². The number of aliphatic hydroxyl groups excluding tert-OH is 1. The maximum atomic E-state index is 12.1. The Hall–Kier alpha value is -0.660. The van der Waals surface area contributed by atoms with E-state index < -0.39 is 9.84 Å². The van der Waals surface area contributed by atoms with Crippen LogP contribution in [0.3, 0.4) is 0 Å². The highest BCUT2D eigenvalue weighted by Gasteiger charge is 2.33. The summed E-state index contributed by atoms with van der Waals surface area (Å²) in [6.07, 6.45) is 0.533. The van der Waals surface area contributed by atoms with Crippen molar-refractivity contribution in [3.05, 3.63) is 0 Å². The number of hydrogen-bond acceptors (Lipinski definition) is 5. The molecule has 0 aromatic heterocycles. The Labute approximate surface area is 108 Å². The van der Waals surface area contributed by atoms with Crippen molar-refractivity contribution in [1.29, 1.82) is 0 Å². The number of carbonyl (C=O) groups excluding carboxylic acids is 1. The Morgan fingerprint density at radius 3 is 2.56 bits per heavy atom. The molecule has 1 amide bonds. The van der Waals surface area contributed by atoms with E-state index in [-0.39, 0.29) is 36.6 Å². The van der Waals surface area contributed by atoms with Crippen LogP contribution in [-0.2, 0) is 14.6 Å². The standard InChI is InChI=1S/C11H22N2O4S/c1-3-13(10-4-7-18(16,17)9-10)11(15)8-12(2)5-6-14/h10,14H,3-9H2,1-2H3. The molecule has 18 heavy (non-hydrogen) atoms. The van der Waals surface area contributed by atoms with Crippen LogP contribution in [0.4, 0.5) is 0 Å². The average Bonchev–Trinajstić information content (AvgIpc) is 2.60. The highest BCUT2D eigenvalue weighted by atomic mass is 32.2. The zero-order valence-corrected chi connectivity index (χ0v) is 11.8. The number of hydrogen-bond donors (Lipinski definition) is 1. The molecule has 0 radical (unpaired) electrons. The van der Waals surface area contributed by atoms with Crippen molar-refractivity contribution in [2.75, 3.05) is 44.8 Å². The van der Waals surface area contributed by atoms with Gasteiger partial charge in [0.15, 0.2) is 9.84 Å². The quantitative estimate of drug-likeness (QED) is 0.670. The maximum absolute atomic E-state index is 12.1. The zero-order chi connectivity index (χ0) is 13.8. The minimum Gasteiger partial charge on any atom is -0.395 e. The van der Waals surface area contributed by atoms with Crippen molar-refractivity contribution in [2.24, 2.45) is 0 Å². The van der Waals surface area contributed by atoms with E-state index in [0.717, 1.165) is 0 Å². The summed E-state index contributed by atoms with van der Waals surface area (Å²) in [5, 5.41) is 8.78. The lowest BCUT2D eigenvalue weighted by Gasteiger charge is -2.28. The normalized spacial score (nSPS) is 22.3. The molecule has 1 N–H and O–H groups in total. The summed E-state index contributed by atoms with van der Waals surface area (Å²) < 4.78 is 22.9. The van der Waals surface area contributed by atoms with Gasteiger partial charge >= 0.3 is 0 Å². The van der Waals surface area contributed by atoms with Gasteiger partial charge < -0.3 is 10.0 Å². The number of rotatable bonds is 6. The van der Waals surface area contributed by atoms with Crippen LogP contribution < -0.4 is 0 Å². The molecule has 1 fully saturated rings. The number of sulfone groups is 1. The fraction of sp³-hybridized carbons (Fsp3) is 0.909. The molecular formula is C11H22N2O4S. The van der Waals surface area contributed by atoms with Crippen LogP contribution in [0.25, 0.3) is 0 Å². The second kappa shape index (κ2) is 6.49. The van der Waals surface area contributed by atoms with Crippen molar-refractivity contribution in [3.8, 4) is 0 Å². The summed E-state index contributed by atoms with van der Waals surface area (Å²) in [5.41, 5.74) is 0. The van der Waals surface area contributed by atoms with Crippen molar-refractivity contribution in [2.45, 2.75) is 19.4 Å². The molecule has 0 spiro atoms. The lowest BCUT2D eigenvalue weighted by Crippen LogP contribution is -2.45. The van der Waals surface area contributed by atoms with Gasteiger partial charge in [-0.15, -0.1) is 0 Å². The predicted octanol–water partition coefficient (Wildman–Crippen LogP) is -1.05. The van der Waals surface area contributed by atoms with E-state index in [1.54, 1.807) is 16.8 Å². The SMILES string of the molecule is CCN(C(=O)CN(C)CCO)C1CCS(=O)(=O)C1. The predicted molar refractivity (Wildman–Crippen MR) is 69.0 cm³/mol. The van der Waals surface area contributed by atoms with Crippen molar-refractivity contribution < 1.29 is 18.3 Å². The first-order valence-electron chi connectivity index (χ1n) is 6.19. The van der Waals surface area contributed by atoms with Gasteiger partial charge in [0.25, 0.3) is 0 Å². The summed E-state index contributed by atoms with van der Waals surface area (Å²) in [6, 6.07) is -0.185. The first kappa shape index (κ1) is 15.4. The Balaban J connectivity index is 2.58. The van der Waals surface area contributed by atoms with Crippen LogP contribution >= 0.6 is 0 Å². The highest BCUT2D eigenvalue weighted by molar-refractivity contribution is 7.91. The molecule has 6 nitrogen and oxygen atoms in total. The molecule has 1 rings (SSSR count). The van der Waals surface area contributed by atoms with E-state index in [2.05, 4.69) is 0 Å². The molecule has 1 aliphatic heterocycles. The van der Waals surface area contributed by atoms with Gasteiger partial charge in [0.05, 0.1) is 24.7 Å². The molecule has 1 aliphatic rings. The molecule has 0 saturated carbocycles. The molecule has 1 atom stereocenters. The minimum absolute atomic E-state index is 0.00765. The van der Waals surface area contributed by atoms with Gasteiger partial charge in [0, 0.05) is 19.1 Å². The van der Waals surface area contributed by atoms with Gasteiger partial charge in [0.1, 0.15) is 0 Å². The summed E-state index contributed by atoms with van der Waals surface area (Å²) in [7, 11) is -1.21. The highest BCUT2D eigenvalue weighted by Crippen LogP contribution is 2.17. The van der Waals surface area contributed by atoms with Gasteiger partial charge in [-0.2, -0.15) is 0 Å². The summed E-state index contributed by atoms with van der Waals surface area (Å²) in [4.78, 5) is 15.4. The van der Waals surface area contributed by atoms with E-state index in [0.29, 0.717) is 19.5 Å². The second-order valence-electron chi connectivity index (χ2n) is 4.70. The number of aliphatic hydroxyl groups is 1. The first-order chi connectivity index (χ1) is 8.39. The lowest BCUT2D eigenvalue weighted by molar-refractivity contribution is -0.133. The van der Waals surface area contributed by atoms with Crippen LogP contribution in [0.1, 0.15) is 13.3 Å². The third-order valence-corrected chi connectivity index (χ3v) is 4.95. The monoisotopic (exact) mass is 278 g/mol. The first-order valence-corrected chi connectivity index (χ1v) is 8.01. The van der Waals surface area contributed by atoms with Gasteiger partial charge in [-0.1, -0.05) is 0 Å². The van der Waals surface area contributed by atoms with Gasteiger partial charge in [0.2, 0.25) is 5.91 Å². The fourth-order valence-electron chi connectivity index (χ4n) is 2.23. The molecule has 1 heterocycles. The molecule has 0 aromatic carbocycles. The molecule has 0 aromatic rings. The van der Waals surface area contributed by atoms with E-state index in [9.17, 15) is 13.2 Å². The van der Waals surface area contributed by atoms with E-state index in [4.69, 9.17) is 5.11 Å². The Morgan fingerprint density at radius 2 is 2.11 bits per heavy atom. The Bertz CT molecular complexity index is 383. The number of carbonyl (C=O) groups is 1. The van der Waals surface area contributed by atoms with Crippen LogP contribution in [0, 0.1) is 0 Å². The summed E-state index contributed by atoms with van der Waals surface area (Å²) >= 11 is 0. The van der Waals surface area contributed by atoms with Crippen molar-refractivity contribution in [3.63, 3.8) is 0 Å².